The molecule has 4 heteroatoms. The molecule has 0 amide bonds. The molecule has 1 heterocycles. The van der Waals surface area contributed by atoms with Gasteiger partial charge in [-0.2, -0.15) is 5.26 Å². The number of nitrogens with one attached hydrogen (secondary N) is 1. The van der Waals surface area contributed by atoms with Gasteiger partial charge in [-0.3, -0.25) is 0 Å². The molecule has 3 aromatic rings. The average Bonchev–Trinajstić information content (AvgIpc) is 2.69. The summed E-state index contributed by atoms with van der Waals surface area (Å²) in [7, 11) is 0. The molecule has 136 valence electrons. The Bertz CT molecular complexity index is 905. The van der Waals surface area contributed by atoms with E-state index in [2.05, 4.69) is 52.8 Å². The monoisotopic (exact) mass is 357 g/mol. The van der Waals surface area contributed by atoms with Gasteiger partial charge in [-0.1, -0.05) is 42.5 Å². The van der Waals surface area contributed by atoms with Crippen molar-refractivity contribution in [1.29, 1.82) is 5.26 Å². The van der Waals surface area contributed by atoms with Gasteiger partial charge < -0.3 is 10.1 Å². The van der Waals surface area contributed by atoms with E-state index in [4.69, 9.17) is 10.00 Å². The molecule has 0 spiro atoms. The van der Waals surface area contributed by atoms with Crippen LogP contribution in [0.3, 0.4) is 0 Å². The van der Waals surface area contributed by atoms with Crippen molar-refractivity contribution in [3.05, 3.63) is 88.6 Å². The normalized spacial score (nSPS) is 10.4. The Morgan fingerprint density at radius 3 is 2.37 bits per heavy atom. The molecule has 4 nitrogen and oxygen atoms in total. The molecule has 0 saturated heterocycles. The third-order valence-electron chi connectivity index (χ3n) is 4.35. The number of hydrogen-bond donors (Lipinski definition) is 1. The van der Waals surface area contributed by atoms with Gasteiger partial charge in [0.1, 0.15) is 11.8 Å². The Kier molecular flexibility index (Phi) is 6.19. The maximum absolute atomic E-state index is 8.85. The fourth-order valence-corrected chi connectivity index (χ4v) is 3.02. The Balaban J connectivity index is 1.59. The van der Waals surface area contributed by atoms with E-state index in [9.17, 15) is 0 Å². The third-order valence-corrected chi connectivity index (χ3v) is 4.35. The van der Waals surface area contributed by atoms with Crippen LogP contribution >= 0.6 is 0 Å². The second-order valence-electron chi connectivity index (χ2n) is 6.57. The summed E-state index contributed by atoms with van der Waals surface area (Å²) in [5.41, 5.74) is 5.24. The highest BCUT2D eigenvalue weighted by molar-refractivity contribution is 5.45. The molecule has 1 aromatic heterocycles. The highest BCUT2D eigenvalue weighted by Crippen LogP contribution is 2.29. The summed E-state index contributed by atoms with van der Waals surface area (Å²) in [6.07, 6.45) is 2.54. The molecule has 0 aliphatic heterocycles. The van der Waals surface area contributed by atoms with Crippen LogP contribution in [0.15, 0.2) is 60.8 Å². The lowest BCUT2D eigenvalue weighted by molar-refractivity contribution is 0.455. The summed E-state index contributed by atoms with van der Waals surface area (Å²) in [6, 6.07) is 20.3. The fraction of sp³-hybridized carbons (Fsp3) is 0.217. The Morgan fingerprint density at radius 2 is 1.74 bits per heavy atom. The Labute approximate surface area is 160 Å². The molecule has 1 N–H and O–H groups in total. The molecule has 3 rings (SSSR count). The maximum atomic E-state index is 8.85. The third kappa shape index (κ3) is 5.16. The van der Waals surface area contributed by atoms with Crippen LogP contribution in [0, 0.1) is 25.2 Å². The molecule has 0 bridgehead atoms. The largest absolute Gasteiger partial charge is 0.438 e. The molecule has 0 fully saturated rings. The van der Waals surface area contributed by atoms with Crippen LogP contribution in [0.1, 0.15) is 27.8 Å². The van der Waals surface area contributed by atoms with Crippen LogP contribution in [0.4, 0.5) is 0 Å². The zero-order valence-corrected chi connectivity index (χ0v) is 15.7. The topological polar surface area (TPSA) is 57.9 Å². The first-order valence-electron chi connectivity index (χ1n) is 9.04. The van der Waals surface area contributed by atoms with Crippen LogP contribution in [0.2, 0.25) is 0 Å². The first kappa shape index (κ1) is 18.6. The van der Waals surface area contributed by atoms with Gasteiger partial charge in [-0.25, -0.2) is 4.98 Å². The van der Waals surface area contributed by atoms with E-state index in [1.807, 2.05) is 19.9 Å². The number of ether oxygens (including phenoxy) is 1. The lowest BCUT2D eigenvalue weighted by Crippen LogP contribution is -2.16. The van der Waals surface area contributed by atoms with E-state index in [0.29, 0.717) is 11.4 Å². The predicted octanol–water partition coefficient (Wildman–Crippen LogP) is 4.69. The van der Waals surface area contributed by atoms with E-state index < -0.39 is 0 Å². The minimum absolute atomic E-state index is 0.494. The van der Waals surface area contributed by atoms with Crippen LogP contribution in [0.5, 0.6) is 11.6 Å². The van der Waals surface area contributed by atoms with Gasteiger partial charge in [0, 0.05) is 18.8 Å². The summed E-state index contributed by atoms with van der Waals surface area (Å²) in [5.74, 6) is 1.31. The first-order valence-corrected chi connectivity index (χ1v) is 9.04. The van der Waals surface area contributed by atoms with E-state index in [1.54, 1.807) is 12.1 Å². The second kappa shape index (κ2) is 8.98. The van der Waals surface area contributed by atoms with Crippen molar-refractivity contribution in [1.82, 2.24) is 10.3 Å². The molecule has 0 unspecified atom stereocenters. The van der Waals surface area contributed by atoms with Crippen LogP contribution in [-0.2, 0) is 13.0 Å². The summed E-state index contributed by atoms with van der Waals surface area (Å²) in [4.78, 5) is 4.18. The molecule has 2 aromatic carbocycles. The second-order valence-corrected chi connectivity index (χ2v) is 6.57. The van der Waals surface area contributed by atoms with Gasteiger partial charge in [0.2, 0.25) is 5.88 Å². The standard InChI is InChI=1S/C23H23N3O/c1-17-12-21(15-25-11-10-19-6-4-3-5-7-19)13-18(2)23(17)27-22-9-8-20(14-24)16-26-22/h3-9,12-13,16,25H,10-11,15H2,1-2H3. The van der Waals surface area contributed by atoms with E-state index in [0.717, 1.165) is 36.4 Å². The number of nitriles is 1. The van der Waals surface area contributed by atoms with Gasteiger partial charge >= 0.3 is 0 Å². The number of benzene rings is 2. The Morgan fingerprint density at radius 1 is 1.00 bits per heavy atom. The quantitative estimate of drug-likeness (QED) is 0.623. The molecule has 27 heavy (non-hydrogen) atoms. The highest BCUT2D eigenvalue weighted by Gasteiger charge is 2.09. The number of aryl methyl sites for hydroxylation is 2. The van der Waals surface area contributed by atoms with Gasteiger partial charge in [0.25, 0.3) is 0 Å². The van der Waals surface area contributed by atoms with Crippen LogP contribution in [0.25, 0.3) is 0 Å². The van der Waals surface area contributed by atoms with Crippen molar-refractivity contribution in [3.8, 4) is 17.7 Å². The van der Waals surface area contributed by atoms with Gasteiger partial charge in [0.05, 0.1) is 5.56 Å². The molecule has 0 atom stereocenters. The summed E-state index contributed by atoms with van der Waals surface area (Å²) in [5, 5.41) is 12.4. The molecule has 0 aliphatic rings. The van der Waals surface area contributed by atoms with Crippen molar-refractivity contribution >= 4 is 0 Å². The molecular formula is C23H23N3O. The fourth-order valence-electron chi connectivity index (χ4n) is 3.02. The molecular weight excluding hydrogens is 334 g/mol. The van der Waals surface area contributed by atoms with Crippen molar-refractivity contribution in [2.45, 2.75) is 26.8 Å². The summed E-state index contributed by atoms with van der Waals surface area (Å²) < 4.78 is 5.94. The minimum atomic E-state index is 0.494. The predicted molar refractivity (Wildman–Crippen MR) is 107 cm³/mol. The van der Waals surface area contributed by atoms with E-state index in [1.165, 1.54) is 17.3 Å². The summed E-state index contributed by atoms with van der Waals surface area (Å²) in [6.45, 7) is 5.85. The number of rotatable bonds is 7. The van der Waals surface area contributed by atoms with Crippen molar-refractivity contribution in [2.24, 2.45) is 0 Å². The smallest absolute Gasteiger partial charge is 0.219 e. The summed E-state index contributed by atoms with van der Waals surface area (Å²) >= 11 is 0. The van der Waals surface area contributed by atoms with Crippen molar-refractivity contribution in [2.75, 3.05) is 6.54 Å². The molecule has 0 radical (unpaired) electrons. The number of hydrogen-bond acceptors (Lipinski definition) is 4. The number of aromatic nitrogens is 1. The molecule has 0 aliphatic carbocycles. The lowest BCUT2D eigenvalue weighted by Gasteiger charge is -2.14. The van der Waals surface area contributed by atoms with Crippen molar-refractivity contribution < 1.29 is 4.74 Å². The lowest BCUT2D eigenvalue weighted by atomic mass is 10.1. The van der Waals surface area contributed by atoms with Crippen LogP contribution < -0.4 is 10.1 Å². The van der Waals surface area contributed by atoms with Gasteiger partial charge in [0.15, 0.2) is 0 Å². The van der Waals surface area contributed by atoms with E-state index in [-0.39, 0.29) is 0 Å². The van der Waals surface area contributed by atoms with Crippen LogP contribution in [-0.4, -0.2) is 11.5 Å². The SMILES string of the molecule is Cc1cc(CNCCc2ccccc2)cc(C)c1Oc1ccc(C#N)cn1. The number of pyridine rings is 1. The first-order chi connectivity index (χ1) is 13.2. The molecule has 0 saturated carbocycles. The maximum Gasteiger partial charge on any atom is 0.219 e. The van der Waals surface area contributed by atoms with Gasteiger partial charge in [-0.15, -0.1) is 0 Å². The van der Waals surface area contributed by atoms with Gasteiger partial charge in [-0.05, 0) is 55.1 Å². The highest BCUT2D eigenvalue weighted by atomic mass is 16.5. The zero-order valence-electron chi connectivity index (χ0n) is 15.7. The van der Waals surface area contributed by atoms with Crippen molar-refractivity contribution in [3.63, 3.8) is 0 Å². The Hall–Kier alpha value is -3.16. The number of nitrogens with zero attached hydrogens (tertiary/aromatic N) is 2. The average molecular weight is 357 g/mol. The van der Waals surface area contributed by atoms with E-state index >= 15 is 0 Å². The minimum Gasteiger partial charge on any atom is -0.438 e. The zero-order chi connectivity index (χ0) is 19.1.